The van der Waals surface area contributed by atoms with Gasteiger partial charge in [0.05, 0.1) is 12.5 Å². The highest BCUT2D eigenvalue weighted by Gasteiger charge is 2.74. The maximum atomic E-state index is 11.5. The highest BCUT2D eigenvalue weighted by molar-refractivity contribution is 5.83. The fourth-order valence-corrected chi connectivity index (χ4v) is 3.33. The molecule has 4 atom stereocenters. The average molecular weight is 164 g/mol. The monoisotopic (exact) mass is 164 g/mol. The average Bonchev–Trinajstić information content (AvgIpc) is 2.65. The fraction of sp³-hybridized carbons (Fsp3) is 0.700. The number of ether oxygens (including phenoxy) is 1. The molecule has 64 valence electrons. The van der Waals surface area contributed by atoms with Gasteiger partial charge in [-0.1, -0.05) is 12.2 Å². The van der Waals surface area contributed by atoms with E-state index in [0.29, 0.717) is 17.8 Å². The Morgan fingerprint density at radius 1 is 1.58 bits per heavy atom. The molecule has 2 saturated carbocycles. The Morgan fingerprint density at radius 2 is 2.42 bits per heavy atom. The van der Waals surface area contributed by atoms with Crippen LogP contribution in [-0.4, -0.2) is 13.1 Å². The Balaban J connectivity index is 1.98. The second-order valence-corrected chi connectivity index (χ2v) is 4.25. The van der Waals surface area contributed by atoms with Gasteiger partial charge in [-0.2, -0.15) is 0 Å². The first-order valence-electron chi connectivity index (χ1n) is 4.56. The summed E-state index contributed by atoms with van der Waals surface area (Å²) in [6.07, 6.45) is 6.76. The van der Waals surface area contributed by atoms with Crippen molar-refractivity contribution in [2.45, 2.75) is 12.8 Å². The van der Waals surface area contributed by atoms with Gasteiger partial charge < -0.3 is 4.74 Å². The molecular weight excluding hydrogens is 152 g/mol. The van der Waals surface area contributed by atoms with Crippen LogP contribution in [0, 0.1) is 23.2 Å². The van der Waals surface area contributed by atoms with E-state index in [0.717, 1.165) is 6.42 Å². The molecule has 0 aliphatic heterocycles. The van der Waals surface area contributed by atoms with Crippen LogP contribution in [0.1, 0.15) is 12.8 Å². The summed E-state index contributed by atoms with van der Waals surface area (Å²) in [6.45, 7) is 0. The number of esters is 1. The van der Waals surface area contributed by atoms with Crippen LogP contribution in [0.25, 0.3) is 0 Å². The Labute approximate surface area is 71.6 Å². The molecule has 0 aromatic carbocycles. The molecule has 2 fully saturated rings. The molecule has 2 nitrogen and oxygen atoms in total. The zero-order chi connectivity index (χ0) is 8.34. The van der Waals surface area contributed by atoms with Crippen LogP contribution in [0.15, 0.2) is 12.2 Å². The van der Waals surface area contributed by atoms with E-state index in [2.05, 4.69) is 12.2 Å². The summed E-state index contributed by atoms with van der Waals surface area (Å²) >= 11 is 0. The van der Waals surface area contributed by atoms with Gasteiger partial charge in [-0.05, 0) is 30.6 Å². The van der Waals surface area contributed by atoms with Crippen molar-refractivity contribution in [3.8, 4) is 0 Å². The molecule has 12 heavy (non-hydrogen) atoms. The summed E-state index contributed by atoms with van der Waals surface area (Å²) in [6, 6.07) is 0. The third-order valence-corrected chi connectivity index (χ3v) is 3.89. The summed E-state index contributed by atoms with van der Waals surface area (Å²) in [5.74, 6) is 1.85. The molecule has 2 heteroatoms. The van der Waals surface area contributed by atoms with Gasteiger partial charge in [0.25, 0.3) is 0 Å². The molecule has 4 aliphatic carbocycles. The Kier molecular flexibility index (Phi) is 0.980. The van der Waals surface area contributed by atoms with Crippen molar-refractivity contribution in [1.82, 2.24) is 0 Å². The van der Waals surface area contributed by atoms with E-state index >= 15 is 0 Å². The molecule has 0 aromatic rings. The first-order chi connectivity index (χ1) is 5.79. The van der Waals surface area contributed by atoms with Crippen molar-refractivity contribution >= 4 is 5.97 Å². The quantitative estimate of drug-likeness (QED) is 0.432. The van der Waals surface area contributed by atoms with E-state index in [9.17, 15) is 4.79 Å². The van der Waals surface area contributed by atoms with E-state index < -0.39 is 0 Å². The van der Waals surface area contributed by atoms with Crippen molar-refractivity contribution < 1.29 is 9.53 Å². The van der Waals surface area contributed by atoms with E-state index in [1.807, 2.05) is 0 Å². The minimum absolute atomic E-state index is 0.0318. The van der Waals surface area contributed by atoms with E-state index in [1.165, 1.54) is 13.5 Å². The summed E-state index contributed by atoms with van der Waals surface area (Å²) in [5, 5.41) is 0. The molecule has 0 N–H and O–H groups in total. The highest BCUT2D eigenvalue weighted by atomic mass is 16.5. The summed E-state index contributed by atoms with van der Waals surface area (Å²) < 4.78 is 4.86. The molecule has 4 rings (SSSR count). The molecule has 0 spiro atoms. The first-order valence-corrected chi connectivity index (χ1v) is 4.56. The maximum Gasteiger partial charge on any atom is 0.312 e. The molecular formula is C10H12O2. The number of methoxy groups -OCH3 is 1. The van der Waals surface area contributed by atoms with Crippen LogP contribution in [0.3, 0.4) is 0 Å². The molecule has 4 aliphatic rings. The van der Waals surface area contributed by atoms with Crippen LogP contribution in [0.4, 0.5) is 0 Å². The maximum absolute atomic E-state index is 11.5. The van der Waals surface area contributed by atoms with Crippen LogP contribution in [0.5, 0.6) is 0 Å². The van der Waals surface area contributed by atoms with Crippen LogP contribution in [0.2, 0.25) is 0 Å². The standard InChI is InChI=1S/C10H12O2/c1-12-9(11)10-5-6-2-3-7(10)8(10)4-6/h2-3,6-8H,4-5H2,1H3. The molecule has 0 amide bonds. The number of carbonyl (C=O) groups excluding carboxylic acids is 1. The van der Waals surface area contributed by atoms with Gasteiger partial charge in [-0.3, -0.25) is 4.79 Å². The lowest BCUT2D eigenvalue weighted by molar-refractivity contribution is -0.148. The smallest absolute Gasteiger partial charge is 0.312 e. The van der Waals surface area contributed by atoms with E-state index in [1.54, 1.807) is 0 Å². The van der Waals surface area contributed by atoms with E-state index in [4.69, 9.17) is 4.74 Å². The van der Waals surface area contributed by atoms with Crippen LogP contribution in [-0.2, 0) is 9.53 Å². The Bertz CT molecular complexity index is 282. The number of allylic oxidation sites excluding steroid dienone is 2. The van der Waals surface area contributed by atoms with Gasteiger partial charge in [-0.25, -0.2) is 0 Å². The van der Waals surface area contributed by atoms with Gasteiger partial charge in [0.2, 0.25) is 0 Å². The lowest BCUT2D eigenvalue weighted by Gasteiger charge is -2.18. The SMILES string of the molecule is COC(=O)C12CC3C=CC1C2C3. The zero-order valence-electron chi connectivity index (χ0n) is 7.12. The van der Waals surface area contributed by atoms with Crippen molar-refractivity contribution in [1.29, 1.82) is 0 Å². The lowest BCUT2D eigenvalue weighted by Crippen LogP contribution is -2.22. The fourth-order valence-electron chi connectivity index (χ4n) is 3.33. The van der Waals surface area contributed by atoms with Gasteiger partial charge in [0, 0.05) is 0 Å². The van der Waals surface area contributed by atoms with Crippen molar-refractivity contribution in [2.75, 3.05) is 7.11 Å². The third kappa shape index (κ3) is 0.501. The predicted octanol–water partition coefficient (Wildman–Crippen LogP) is 1.37. The summed E-state index contributed by atoms with van der Waals surface area (Å²) in [4.78, 5) is 11.5. The summed E-state index contributed by atoms with van der Waals surface area (Å²) in [5.41, 5.74) is -0.0613. The summed E-state index contributed by atoms with van der Waals surface area (Å²) in [7, 11) is 1.50. The van der Waals surface area contributed by atoms with Gasteiger partial charge in [0.15, 0.2) is 0 Å². The minimum atomic E-state index is -0.0613. The Hall–Kier alpha value is -0.790. The van der Waals surface area contributed by atoms with E-state index in [-0.39, 0.29) is 11.4 Å². The number of hydrogen-bond donors (Lipinski definition) is 0. The second-order valence-electron chi connectivity index (χ2n) is 4.25. The molecule has 0 radical (unpaired) electrons. The molecule has 0 aromatic heterocycles. The molecule has 0 heterocycles. The third-order valence-electron chi connectivity index (χ3n) is 3.89. The molecule has 4 unspecified atom stereocenters. The topological polar surface area (TPSA) is 26.3 Å². The highest BCUT2D eigenvalue weighted by Crippen LogP contribution is 2.73. The normalized spacial score (nSPS) is 52.2. The van der Waals surface area contributed by atoms with Gasteiger partial charge >= 0.3 is 5.97 Å². The van der Waals surface area contributed by atoms with Crippen molar-refractivity contribution in [3.63, 3.8) is 0 Å². The van der Waals surface area contributed by atoms with Crippen molar-refractivity contribution in [3.05, 3.63) is 12.2 Å². The van der Waals surface area contributed by atoms with Gasteiger partial charge in [0.1, 0.15) is 0 Å². The van der Waals surface area contributed by atoms with Crippen LogP contribution < -0.4 is 0 Å². The number of carbonyl (C=O) groups is 1. The van der Waals surface area contributed by atoms with Gasteiger partial charge in [-0.15, -0.1) is 0 Å². The largest absolute Gasteiger partial charge is 0.469 e. The van der Waals surface area contributed by atoms with Crippen LogP contribution >= 0.6 is 0 Å². The lowest BCUT2D eigenvalue weighted by atomic mass is 9.87. The minimum Gasteiger partial charge on any atom is -0.469 e. The number of rotatable bonds is 1. The predicted molar refractivity (Wildman–Crippen MR) is 43.3 cm³/mol. The zero-order valence-corrected chi connectivity index (χ0v) is 7.12. The van der Waals surface area contributed by atoms with Crippen molar-refractivity contribution in [2.24, 2.45) is 23.2 Å². The Morgan fingerprint density at radius 3 is 2.83 bits per heavy atom. The molecule has 4 bridgehead atoms. The second kappa shape index (κ2) is 1.76. The number of hydrogen-bond acceptors (Lipinski definition) is 2. The first kappa shape index (κ1) is 6.70. The molecule has 0 saturated heterocycles.